The van der Waals surface area contributed by atoms with Crippen LogP contribution in [0.5, 0.6) is 0 Å². The maximum Gasteiger partial charge on any atom is 0.399 e. The Balaban J connectivity index is 0.000000281. The fraction of sp³-hybridized carbons (Fsp3) is 0.300. The molecule has 0 aromatic carbocycles. The predicted octanol–water partition coefficient (Wildman–Crippen LogP) is 1.64. The molecular formula is C10H15NO4S. The van der Waals surface area contributed by atoms with Gasteiger partial charge in [0.05, 0.1) is 19.4 Å². The number of hydrogen-bond donors (Lipinski definition) is 0. The van der Waals surface area contributed by atoms with Crippen molar-refractivity contribution in [2.75, 3.05) is 13.7 Å². The lowest BCUT2D eigenvalue weighted by molar-refractivity contribution is 0.254. The van der Waals surface area contributed by atoms with Gasteiger partial charge in [0.2, 0.25) is 0 Å². The van der Waals surface area contributed by atoms with Crippen molar-refractivity contribution in [3.8, 4) is 0 Å². The van der Waals surface area contributed by atoms with E-state index in [4.69, 9.17) is 0 Å². The van der Waals surface area contributed by atoms with Gasteiger partial charge in [-0.05, 0) is 25.1 Å². The van der Waals surface area contributed by atoms with Crippen molar-refractivity contribution in [2.45, 2.75) is 6.92 Å². The van der Waals surface area contributed by atoms with Crippen LogP contribution in [-0.2, 0) is 18.8 Å². The molecule has 90 valence electrons. The highest BCUT2D eigenvalue weighted by atomic mass is 32.3. The van der Waals surface area contributed by atoms with Crippen molar-refractivity contribution < 1.29 is 16.8 Å². The van der Waals surface area contributed by atoms with Gasteiger partial charge in [-0.25, -0.2) is 4.18 Å². The highest BCUT2D eigenvalue weighted by molar-refractivity contribution is 7.81. The zero-order valence-electron chi connectivity index (χ0n) is 9.29. The summed E-state index contributed by atoms with van der Waals surface area (Å²) in [5.74, 6) is 0. The molecule has 0 atom stereocenters. The summed E-state index contributed by atoms with van der Waals surface area (Å²) in [6.45, 7) is 5.24. The first-order chi connectivity index (χ1) is 7.55. The van der Waals surface area contributed by atoms with E-state index in [-0.39, 0.29) is 6.61 Å². The molecule has 5 nitrogen and oxygen atoms in total. The summed E-state index contributed by atoms with van der Waals surface area (Å²) >= 11 is 0. The SMILES string of the molecule is C=Cc1ccccn1.CCOS(=O)(=O)OC. The summed E-state index contributed by atoms with van der Waals surface area (Å²) in [5.41, 5.74) is 0.924. The van der Waals surface area contributed by atoms with Crippen LogP contribution in [0, 0.1) is 0 Å². The molecule has 0 saturated heterocycles. The highest BCUT2D eigenvalue weighted by Crippen LogP contribution is 1.92. The van der Waals surface area contributed by atoms with Crippen LogP contribution in [-0.4, -0.2) is 27.1 Å². The normalized spacial score (nSPS) is 10.1. The lowest BCUT2D eigenvalue weighted by atomic mass is 10.4. The quantitative estimate of drug-likeness (QED) is 0.806. The van der Waals surface area contributed by atoms with Crippen LogP contribution in [0.1, 0.15) is 12.6 Å². The zero-order chi connectivity index (χ0) is 12.4. The average Bonchev–Trinajstić information content (AvgIpc) is 2.31. The monoisotopic (exact) mass is 245 g/mol. The number of pyridine rings is 1. The van der Waals surface area contributed by atoms with Gasteiger partial charge in [0.1, 0.15) is 0 Å². The molecule has 1 rings (SSSR count). The van der Waals surface area contributed by atoms with Crippen LogP contribution >= 0.6 is 0 Å². The Bertz CT molecular complexity index is 389. The van der Waals surface area contributed by atoms with Gasteiger partial charge < -0.3 is 0 Å². The van der Waals surface area contributed by atoms with Crippen LogP contribution < -0.4 is 0 Å². The first-order valence-corrected chi connectivity index (χ1v) is 5.87. The van der Waals surface area contributed by atoms with E-state index in [1.807, 2.05) is 18.2 Å². The van der Waals surface area contributed by atoms with Crippen molar-refractivity contribution in [1.29, 1.82) is 0 Å². The molecule has 0 aliphatic carbocycles. The minimum atomic E-state index is -3.67. The van der Waals surface area contributed by atoms with E-state index < -0.39 is 10.4 Å². The molecule has 0 aliphatic heterocycles. The number of nitrogens with zero attached hydrogens (tertiary/aromatic N) is 1. The maximum atomic E-state index is 10.2. The second-order valence-electron chi connectivity index (χ2n) is 2.44. The van der Waals surface area contributed by atoms with Crippen LogP contribution in [0.25, 0.3) is 6.08 Å². The zero-order valence-corrected chi connectivity index (χ0v) is 10.1. The summed E-state index contributed by atoms with van der Waals surface area (Å²) in [6.07, 6.45) is 3.47. The fourth-order valence-electron chi connectivity index (χ4n) is 0.689. The molecule has 1 aromatic rings. The van der Waals surface area contributed by atoms with Gasteiger partial charge in [-0.2, -0.15) is 8.42 Å². The standard InChI is InChI=1S/C7H7N.C3H8O4S/c1-2-7-5-3-4-6-8-7;1-3-7-8(4,5)6-2/h2-6H,1H2;3H2,1-2H3. The average molecular weight is 245 g/mol. The van der Waals surface area contributed by atoms with Crippen molar-refractivity contribution in [3.63, 3.8) is 0 Å². The topological polar surface area (TPSA) is 65.5 Å². The van der Waals surface area contributed by atoms with Crippen molar-refractivity contribution in [3.05, 3.63) is 36.7 Å². The Labute approximate surface area is 96.1 Å². The molecule has 0 spiro atoms. The Hall–Kier alpha value is -1.24. The van der Waals surface area contributed by atoms with Gasteiger partial charge in [-0.1, -0.05) is 12.6 Å². The predicted molar refractivity (Wildman–Crippen MR) is 61.9 cm³/mol. The number of hydrogen-bond acceptors (Lipinski definition) is 5. The minimum absolute atomic E-state index is 0.107. The van der Waals surface area contributed by atoms with E-state index in [2.05, 4.69) is 19.9 Å². The molecule has 0 fully saturated rings. The lowest BCUT2D eigenvalue weighted by Gasteiger charge is -1.95. The summed E-state index contributed by atoms with van der Waals surface area (Å²) in [7, 11) is -2.62. The van der Waals surface area contributed by atoms with Gasteiger partial charge in [-0.15, -0.1) is 0 Å². The highest BCUT2D eigenvalue weighted by Gasteiger charge is 2.04. The molecule has 0 unspecified atom stereocenters. The van der Waals surface area contributed by atoms with Crippen LogP contribution in [0.4, 0.5) is 0 Å². The summed E-state index contributed by atoms with van der Waals surface area (Å²) in [4.78, 5) is 3.98. The summed E-state index contributed by atoms with van der Waals surface area (Å²) < 4.78 is 28.4. The first kappa shape index (κ1) is 14.8. The molecular weight excluding hydrogens is 230 g/mol. The molecule has 6 heteroatoms. The van der Waals surface area contributed by atoms with E-state index in [0.29, 0.717) is 0 Å². The third-order valence-corrected chi connectivity index (χ3v) is 2.30. The van der Waals surface area contributed by atoms with Crippen LogP contribution in [0.15, 0.2) is 31.0 Å². The van der Waals surface area contributed by atoms with Crippen molar-refractivity contribution in [2.24, 2.45) is 0 Å². The maximum absolute atomic E-state index is 10.2. The molecule has 0 bridgehead atoms. The van der Waals surface area contributed by atoms with E-state index in [1.165, 1.54) is 0 Å². The summed E-state index contributed by atoms with van der Waals surface area (Å²) in [6, 6.07) is 5.73. The largest absolute Gasteiger partial charge is 0.399 e. The summed E-state index contributed by atoms with van der Waals surface area (Å²) in [5, 5.41) is 0. The molecule has 0 aliphatic rings. The molecule has 0 radical (unpaired) electrons. The Morgan fingerprint density at radius 2 is 2.19 bits per heavy atom. The Morgan fingerprint density at radius 1 is 1.50 bits per heavy atom. The van der Waals surface area contributed by atoms with Gasteiger partial charge in [0, 0.05) is 6.20 Å². The third kappa shape index (κ3) is 7.10. The van der Waals surface area contributed by atoms with Gasteiger partial charge in [0.15, 0.2) is 0 Å². The molecule has 0 N–H and O–H groups in total. The Kier molecular flexibility index (Phi) is 7.36. The first-order valence-electron chi connectivity index (χ1n) is 4.54. The second kappa shape index (κ2) is 7.98. The third-order valence-electron chi connectivity index (χ3n) is 1.36. The van der Waals surface area contributed by atoms with Gasteiger partial charge in [-0.3, -0.25) is 9.17 Å². The smallest absolute Gasteiger partial charge is 0.257 e. The van der Waals surface area contributed by atoms with Crippen molar-refractivity contribution >= 4 is 16.5 Å². The number of aromatic nitrogens is 1. The van der Waals surface area contributed by atoms with Crippen molar-refractivity contribution in [1.82, 2.24) is 4.98 Å². The van der Waals surface area contributed by atoms with E-state index >= 15 is 0 Å². The van der Waals surface area contributed by atoms with E-state index in [9.17, 15) is 8.42 Å². The lowest BCUT2D eigenvalue weighted by Crippen LogP contribution is -2.06. The van der Waals surface area contributed by atoms with Gasteiger partial charge in [0.25, 0.3) is 0 Å². The second-order valence-corrected chi connectivity index (χ2v) is 3.83. The molecule has 0 saturated carbocycles. The van der Waals surface area contributed by atoms with Crippen LogP contribution in [0.2, 0.25) is 0 Å². The number of rotatable bonds is 4. The van der Waals surface area contributed by atoms with Crippen LogP contribution in [0.3, 0.4) is 0 Å². The van der Waals surface area contributed by atoms with Gasteiger partial charge >= 0.3 is 10.4 Å². The molecule has 0 amide bonds. The Morgan fingerprint density at radius 3 is 2.44 bits per heavy atom. The minimum Gasteiger partial charge on any atom is -0.257 e. The van der Waals surface area contributed by atoms with E-state index in [0.717, 1.165) is 12.8 Å². The van der Waals surface area contributed by atoms with E-state index in [1.54, 1.807) is 19.2 Å². The fourth-order valence-corrected chi connectivity index (χ4v) is 1.07. The molecule has 1 heterocycles. The molecule has 16 heavy (non-hydrogen) atoms. The molecule has 1 aromatic heterocycles.